The lowest BCUT2D eigenvalue weighted by Gasteiger charge is -2.13. The molecule has 0 spiro atoms. The van der Waals surface area contributed by atoms with E-state index in [-0.39, 0.29) is 0 Å². The normalized spacial score (nSPS) is 11.9. The van der Waals surface area contributed by atoms with Crippen molar-refractivity contribution in [1.82, 2.24) is 23.7 Å². The van der Waals surface area contributed by atoms with Crippen molar-refractivity contribution in [3.63, 3.8) is 0 Å². The molecule has 0 amide bonds. The van der Waals surface area contributed by atoms with Gasteiger partial charge in [0.05, 0.1) is 27.6 Å². The first kappa shape index (κ1) is 27.9. The predicted molar refractivity (Wildman–Crippen MR) is 210 cm³/mol. The number of benzene rings is 7. The summed E-state index contributed by atoms with van der Waals surface area (Å²) in [5.74, 6) is 1.61. The molecule has 0 aliphatic carbocycles. The summed E-state index contributed by atoms with van der Waals surface area (Å²) < 4.78 is 7.00. The van der Waals surface area contributed by atoms with Gasteiger partial charge in [0.2, 0.25) is 0 Å². The summed E-state index contributed by atoms with van der Waals surface area (Å²) in [6.07, 6.45) is 0. The maximum absolute atomic E-state index is 4.69. The highest BCUT2D eigenvalue weighted by Crippen LogP contribution is 2.39. The quantitative estimate of drug-likeness (QED) is 0.178. The van der Waals surface area contributed by atoms with Gasteiger partial charge in [0.25, 0.3) is 0 Å². The molecule has 51 heavy (non-hydrogen) atoms. The Morgan fingerprint density at radius 1 is 0.314 bits per heavy atom. The summed E-state index contributed by atoms with van der Waals surface area (Å²) >= 11 is 0. The fourth-order valence-electron chi connectivity index (χ4n) is 8.07. The topological polar surface area (TPSA) is 40.0 Å². The third-order valence-corrected chi connectivity index (χ3v) is 10.3. The molecule has 0 bridgehead atoms. The molecule has 11 rings (SSSR count). The highest BCUT2D eigenvalue weighted by atomic mass is 15.3. The fraction of sp³-hybridized carbons (Fsp3) is 0. The van der Waals surface area contributed by atoms with E-state index in [1.807, 2.05) is 36.4 Å². The Bertz CT molecular complexity index is 3060. The van der Waals surface area contributed by atoms with E-state index < -0.39 is 0 Å². The Kier molecular flexibility index (Phi) is 5.89. The van der Waals surface area contributed by atoms with Crippen LogP contribution in [0.5, 0.6) is 0 Å². The van der Waals surface area contributed by atoms with Gasteiger partial charge in [0.1, 0.15) is 0 Å². The largest absolute Gasteiger partial charge is 0.309 e. The SMILES string of the molecule is c1ccc(-c2nnc(-c3ccccc3)n2-c2ccc(-n3c4ccccc4c4cc5cc6c7ccccc7c7ccccc7n6c5cc43)cc2)cc1. The first-order valence-electron chi connectivity index (χ1n) is 17.3. The van der Waals surface area contributed by atoms with Crippen LogP contribution in [0.4, 0.5) is 0 Å². The van der Waals surface area contributed by atoms with Gasteiger partial charge >= 0.3 is 0 Å². The molecule has 5 nitrogen and oxygen atoms in total. The van der Waals surface area contributed by atoms with Gasteiger partial charge in [0, 0.05) is 49.4 Å². The highest BCUT2D eigenvalue weighted by Gasteiger charge is 2.20. The van der Waals surface area contributed by atoms with Crippen molar-refractivity contribution in [1.29, 1.82) is 0 Å². The number of pyridine rings is 1. The van der Waals surface area contributed by atoms with Crippen LogP contribution in [0.3, 0.4) is 0 Å². The number of fused-ring (bicyclic) bond motifs is 11. The molecule has 0 unspecified atom stereocenters. The van der Waals surface area contributed by atoms with Crippen LogP contribution >= 0.6 is 0 Å². The molecule has 238 valence electrons. The van der Waals surface area contributed by atoms with E-state index in [0.717, 1.165) is 34.2 Å². The lowest BCUT2D eigenvalue weighted by Crippen LogP contribution is -2.01. The molecule has 4 aromatic heterocycles. The Labute approximate surface area is 292 Å². The van der Waals surface area contributed by atoms with Crippen molar-refractivity contribution in [3.05, 3.63) is 176 Å². The molecule has 0 aliphatic rings. The van der Waals surface area contributed by atoms with E-state index in [1.54, 1.807) is 0 Å². The van der Waals surface area contributed by atoms with Crippen LogP contribution in [0.25, 0.3) is 94.1 Å². The van der Waals surface area contributed by atoms with Crippen molar-refractivity contribution in [2.24, 2.45) is 0 Å². The number of aromatic nitrogens is 5. The van der Waals surface area contributed by atoms with Gasteiger partial charge in [-0.15, -0.1) is 10.2 Å². The molecule has 0 fully saturated rings. The van der Waals surface area contributed by atoms with E-state index in [9.17, 15) is 0 Å². The molecule has 4 heterocycles. The van der Waals surface area contributed by atoms with Gasteiger partial charge in [-0.25, -0.2) is 0 Å². The van der Waals surface area contributed by atoms with E-state index >= 15 is 0 Å². The van der Waals surface area contributed by atoms with E-state index in [2.05, 4.69) is 163 Å². The third-order valence-electron chi connectivity index (χ3n) is 10.3. The summed E-state index contributed by atoms with van der Waals surface area (Å²) in [6, 6.07) is 62.7. The average Bonchev–Trinajstić information content (AvgIpc) is 3.90. The van der Waals surface area contributed by atoms with Crippen LogP contribution in [-0.4, -0.2) is 23.7 Å². The molecular weight excluding hydrogens is 623 g/mol. The zero-order valence-corrected chi connectivity index (χ0v) is 27.5. The molecule has 7 aromatic carbocycles. The zero-order valence-electron chi connectivity index (χ0n) is 27.5. The van der Waals surface area contributed by atoms with Gasteiger partial charge in [-0.2, -0.15) is 0 Å². The second-order valence-electron chi connectivity index (χ2n) is 13.1. The maximum Gasteiger partial charge on any atom is 0.168 e. The Morgan fingerprint density at radius 3 is 1.43 bits per heavy atom. The first-order valence-corrected chi connectivity index (χ1v) is 17.3. The highest BCUT2D eigenvalue weighted by molar-refractivity contribution is 6.18. The maximum atomic E-state index is 4.69. The van der Waals surface area contributed by atoms with Crippen molar-refractivity contribution >= 4 is 59.9 Å². The number of nitrogens with zero attached hydrogens (tertiary/aromatic N) is 5. The summed E-state index contributed by atoms with van der Waals surface area (Å²) in [5, 5.41) is 16.9. The molecule has 0 saturated heterocycles. The Hall–Kier alpha value is -6.98. The fourth-order valence-corrected chi connectivity index (χ4v) is 8.07. The molecule has 11 aromatic rings. The van der Waals surface area contributed by atoms with Gasteiger partial charge in [-0.05, 0) is 60.0 Å². The molecule has 0 N–H and O–H groups in total. The van der Waals surface area contributed by atoms with Crippen molar-refractivity contribution < 1.29 is 0 Å². The lowest BCUT2D eigenvalue weighted by molar-refractivity contribution is 1.07. The van der Waals surface area contributed by atoms with Crippen LogP contribution in [0.15, 0.2) is 176 Å². The first-order chi connectivity index (χ1) is 25.3. The number of para-hydroxylation sites is 2. The second-order valence-corrected chi connectivity index (χ2v) is 13.1. The van der Waals surface area contributed by atoms with Crippen molar-refractivity contribution in [2.45, 2.75) is 0 Å². The molecule has 0 aliphatic heterocycles. The summed E-state index contributed by atoms with van der Waals surface area (Å²) in [6.45, 7) is 0. The Morgan fingerprint density at radius 2 is 0.804 bits per heavy atom. The minimum atomic E-state index is 0.807. The summed E-state index contributed by atoms with van der Waals surface area (Å²) in [7, 11) is 0. The smallest absolute Gasteiger partial charge is 0.168 e. The molecule has 5 heteroatoms. The standard InChI is InChI=1S/C46H29N5/c1-3-13-30(14-4-1)45-47-48-46(31-15-5-2-6-16-31)50(45)34-25-23-33(24-26-34)49-40-21-11-10-20-38(40)39-27-32-28-43-37-19-8-7-17-35(37)36-18-9-12-22-41(36)51(43)42(32)29-44(39)49/h1-29H. The molecule has 0 atom stereocenters. The molecular formula is C46H29N5. The van der Waals surface area contributed by atoms with Crippen LogP contribution in [-0.2, 0) is 0 Å². The van der Waals surface area contributed by atoms with Crippen LogP contribution in [0.2, 0.25) is 0 Å². The van der Waals surface area contributed by atoms with Gasteiger partial charge in [-0.3, -0.25) is 4.57 Å². The predicted octanol–water partition coefficient (Wildman–Crippen LogP) is 11.4. The second kappa shape index (κ2) is 10.8. The van der Waals surface area contributed by atoms with Crippen LogP contribution in [0, 0.1) is 0 Å². The van der Waals surface area contributed by atoms with Crippen LogP contribution in [0.1, 0.15) is 0 Å². The number of rotatable bonds is 4. The van der Waals surface area contributed by atoms with Crippen LogP contribution < -0.4 is 0 Å². The Balaban J connectivity index is 1.15. The van der Waals surface area contributed by atoms with Gasteiger partial charge in [0.15, 0.2) is 11.6 Å². The summed E-state index contributed by atoms with van der Waals surface area (Å²) in [5.41, 5.74) is 10.1. The van der Waals surface area contributed by atoms with Gasteiger partial charge < -0.3 is 8.97 Å². The number of hydrogen-bond donors (Lipinski definition) is 0. The van der Waals surface area contributed by atoms with Gasteiger partial charge in [-0.1, -0.05) is 121 Å². The summed E-state index contributed by atoms with van der Waals surface area (Å²) in [4.78, 5) is 0. The molecule has 0 saturated carbocycles. The van der Waals surface area contributed by atoms with Crippen molar-refractivity contribution in [3.8, 4) is 34.2 Å². The monoisotopic (exact) mass is 651 g/mol. The van der Waals surface area contributed by atoms with Crippen molar-refractivity contribution in [2.75, 3.05) is 0 Å². The lowest BCUT2D eigenvalue weighted by atomic mass is 10.1. The zero-order chi connectivity index (χ0) is 33.5. The minimum absolute atomic E-state index is 0.807. The third kappa shape index (κ3) is 4.09. The minimum Gasteiger partial charge on any atom is -0.309 e. The number of hydrogen-bond acceptors (Lipinski definition) is 2. The van der Waals surface area contributed by atoms with E-state index in [0.29, 0.717) is 0 Å². The average molecular weight is 652 g/mol. The van der Waals surface area contributed by atoms with E-state index in [4.69, 9.17) is 0 Å². The molecule has 0 radical (unpaired) electrons. The van der Waals surface area contributed by atoms with E-state index in [1.165, 1.54) is 59.9 Å².